The lowest BCUT2D eigenvalue weighted by Gasteiger charge is -2.02. The average Bonchev–Trinajstić information content (AvgIpc) is 2.87. The Balaban J connectivity index is 2.13. The van der Waals surface area contributed by atoms with Crippen LogP contribution < -0.4 is 4.74 Å². The van der Waals surface area contributed by atoms with Crippen LogP contribution in [-0.4, -0.2) is 33.1 Å². The maximum absolute atomic E-state index is 10.8. The summed E-state index contributed by atoms with van der Waals surface area (Å²) in [7, 11) is 0. The molecule has 0 aliphatic carbocycles. The van der Waals surface area contributed by atoms with E-state index in [9.17, 15) is 4.79 Å². The monoisotopic (exact) mass is 259 g/mol. The molecular weight excluding hydrogens is 246 g/mol. The molecule has 0 bridgehead atoms. The number of carbonyl (C=O) groups is 1. The van der Waals surface area contributed by atoms with Crippen molar-refractivity contribution in [1.29, 1.82) is 0 Å². The number of hydrogen-bond acceptors (Lipinski definition) is 4. The Bertz CT molecular complexity index is 587. The first-order chi connectivity index (χ1) is 9.20. The summed E-state index contributed by atoms with van der Waals surface area (Å²) in [5.74, 6) is -0.313. The topological polar surface area (TPSA) is 88.1 Å². The number of aromatic carboxylic acids is 1. The second-order valence-electron chi connectivity index (χ2n) is 3.70. The predicted octanol–water partition coefficient (Wildman–Crippen LogP) is 2.07. The second kappa shape index (κ2) is 5.81. The van der Waals surface area contributed by atoms with Gasteiger partial charge in [0.25, 0.3) is 0 Å². The minimum absolute atomic E-state index is 0.0952. The van der Waals surface area contributed by atoms with Crippen LogP contribution in [0.5, 0.6) is 5.75 Å². The Kier molecular flexibility index (Phi) is 3.92. The van der Waals surface area contributed by atoms with E-state index in [1.807, 2.05) is 31.2 Å². The van der Waals surface area contributed by atoms with E-state index >= 15 is 0 Å². The Morgan fingerprint density at radius 1 is 1.32 bits per heavy atom. The third-order valence-electron chi connectivity index (χ3n) is 2.40. The summed E-state index contributed by atoms with van der Waals surface area (Å²) >= 11 is 0. The minimum Gasteiger partial charge on any atom is -0.494 e. The minimum atomic E-state index is -1.11. The SMILES string of the molecule is CCOc1ccc(/C=C/c2n[nH]nc2C(=O)O)cc1. The van der Waals surface area contributed by atoms with Crippen LogP contribution >= 0.6 is 0 Å². The van der Waals surface area contributed by atoms with E-state index in [-0.39, 0.29) is 5.69 Å². The van der Waals surface area contributed by atoms with Gasteiger partial charge in [-0.3, -0.25) is 0 Å². The lowest BCUT2D eigenvalue weighted by atomic mass is 10.2. The Hall–Kier alpha value is -2.63. The van der Waals surface area contributed by atoms with Gasteiger partial charge in [-0.05, 0) is 30.7 Å². The van der Waals surface area contributed by atoms with Crippen LogP contribution in [0.25, 0.3) is 12.2 Å². The highest BCUT2D eigenvalue weighted by Gasteiger charge is 2.11. The third-order valence-corrected chi connectivity index (χ3v) is 2.40. The van der Waals surface area contributed by atoms with Crippen molar-refractivity contribution in [3.05, 3.63) is 41.2 Å². The number of aromatic amines is 1. The molecule has 6 nitrogen and oxygen atoms in total. The molecule has 98 valence electrons. The summed E-state index contributed by atoms with van der Waals surface area (Å²) in [5.41, 5.74) is 1.12. The first kappa shape index (κ1) is 12.8. The van der Waals surface area contributed by atoms with E-state index < -0.39 is 5.97 Å². The number of carboxylic acids is 1. The average molecular weight is 259 g/mol. The van der Waals surface area contributed by atoms with Gasteiger partial charge in [-0.15, -0.1) is 5.10 Å². The van der Waals surface area contributed by atoms with Crippen molar-refractivity contribution in [2.75, 3.05) is 6.61 Å². The number of nitrogens with one attached hydrogen (secondary N) is 1. The first-order valence-electron chi connectivity index (χ1n) is 5.75. The fraction of sp³-hybridized carbons (Fsp3) is 0.154. The fourth-order valence-electron chi connectivity index (χ4n) is 1.53. The van der Waals surface area contributed by atoms with Crippen molar-refractivity contribution < 1.29 is 14.6 Å². The van der Waals surface area contributed by atoms with Gasteiger partial charge in [0.1, 0.15) is 11.4 Å². The maximum Gasteiger partial charge on any atom is 0.358 e. The molecule has 0 unspecified atom stereocenters. The molecule has 0 radical (unpaired) electrons. The third kappa shape index (κ3) is 3.19. The van der Waals surface area contributed by atoms with Crippen molar-refractivity contribution in [3.8, 4) is 5.75 Å². The number of aromatic nitrogens is 3. The predicted molar refractivity (Wildman–Crippen MR) is 69.9 cm³/mol. The van der Waals surface area contributed by atoms with E-state index in [0.29, 0.717) is 12.3 Å². The van der Waals surface area contributed by atoms with Crippen LogP contribution in [0.3, 0.4) is 0 Å². The van der Waals surface area contributed by atoms with E-state index in [0.717, 1.165) is 11.3 Å². The van der Waals surface area contributed by atoms with Crippen LogP contribution in [0.1, 0.15) is 28.7 Å². The molecule has 1 heterocycles. The van der Waals surface area contributed by atoms with Crippen LogP contribution in [-0.2, 0) is 0 Å². The summed E-state index contributed by atoms with van der Waals surface area (Å²) < 4.78 is 5.33. The zero-order valence-corrected chi connectivity index (χ0v) is 10.3. The molecule has 19 heavy (non-hydrogen) atoms. The molecule has 2 N–H and O–H groups in total. The number of carboxylic acid groups (broad SMARTS) is 1. The normalized spacial score (nSPS) is 10.8. The van der Waals surface area contributed by atoms with Gasteiger partial charge in [0, 0.05) is 0 Å². The highest BCUT2D eigenvalue weighted by Crippen LogP contribution is 2.14. The summed E-state index contributed by atoms with van der Waals surface area (Å²) in [6.07, 6.45) is 3.36. The summed E-state index contributed by atoms with van der Waals surface area (Å²) in [5, 5.41) is 18.5. The highest BCUT2D eigenvalue weighted by atomic mass is 16.5. The largest absolute Gasteiger partial charge is 0.494 e. The Labute approximate surface area is 109 Å². The van der Waals surface area contributed by atoms with Crippen LogP contribution in [0.2, 0.25) is 0 Å². The van der Waals surface area contributed by atoms with Crippen molar-refractivity contribution in [2.45, 2.75) is 6.92 Å². The molecule has 0 aliphatic heterocycles. The Morgan fingerprint density at radius 3 is 2.68 bits per heavy atom. The summed E-state index contributed by atoms with van der Waals surface area (Å²) in [6, 6.07) is 7.46. The standard InChI is InChI=1S/C13H13N3O3/c1-2-19-10-6-3-9(4-7-10)5-8-11-12(13(17)18)15-16-14-11/h3-8H,2H2,1H3,(H,17,18)(H,14,15,16)/b8-5+. The molecule has 0 aliphatic rings. The van der Waals surface area contributed by atoms with Crippen LogP contribution in [0.4, 0.5) is 0 Å². The van der Waals surface area contributed by atoms with E-state index in [4.69, 9.17) is 9.84 Å². The summed E-state index contributed by atoms with van der Waals surface area (Å²) in [4.78, 5) is 10.8. The lowest BCUT2D eigenvalue weighted by Crippen LogP contribution is -1.98. The Morgan fingerprint density at radius 2 is 2.05 bits per heavy atom. The van der Waals surface area contributed by atoms with Crippen LogP contribution in [0, 0.1) is 0 Å². The molecule has 2 rings (SSSR count). The molecule has 0 atom stereocenters. The van der Waals surface area contributed by atoms with Gasteiger partial charge in [0.15, 0.2) is 5.69 Å². The molecule has 0 saturated carbocycles. The molecule has 1 aromatic carbocycles. The van der Waals surface area contributed by atoms with E-state index in [1.165, 1.54) is 0 Å². The number of hydrogen-bond donors (Lipinski definition) is 2. The zero-order valence-electron chi connectivity index (χ0n) is 10.3. The van der Waals surface area contributed by atoms with Gasteiger partial charge in [-0.2, -0.15) is 10.3 Å². The van der Waals surface area contributed by atoms with Gasteiger partial charge in [-0.1, -0.05) is 18.2 Å². The van der Waals surface area contributed by atoms with Gasteiger partial charge >= 0.3 is 5.97 Å². The number of nitrogens with zero attached hydrogens (tertiary/aromatic N) is 2. The lowest BCUT2D eigenvalue weighted by molar-refractivity contribution is 0.0690. The molecule has 6 heteroatoms. The molecular formula is C13H13N3O3. The fourth-order valence-corrected chi connectivity index (χ4v) is 1.53. The number of ether oxygens (including phenoxy) is 1. The molecule has 0 spiro atoms. The zero-order chi connectivity index (χ0) is 13.7. The second-order valence-corrected chi connectivity index (χ2v) is 3.70. The molecule has 0 fully saturated rings. The molecule has 0 amide bonds. The van der Waals surface area contributed by atoms with E-state index in [1.54, 1.807) is 12.2 Å². The quantitative estimate of drug-likeness (QED) is 0.858. The highest BCUT2D eigenvalue weighted by molar-refractivity contribution is 5.90. The van der Waals surface area contributed by atoms with Crippen molar-refractivity contribution >= 4 is 18.1 Å². The maximum atomic E-state index is 10.8. The first-order valence-corrected chi connectivity index (χ1v) is 5.75. The van der Waals surface area contributed by atoms with Gasteiger partial charge in [-0.25, -0.2) is 4.79 Å². The molecule has 1 aromatic heterocycles. The summed E-state index contributed by atoms with van der Waals surface area (Å²) in [6.45, 7) is 2.54. The van der Waals surface area contributed by atoms with Gasteiger partial charge < -0.3 is 9.84 Å². The van der Waals surface area contributed by atoms with Crippen molar-refractivity contribution in [2.24, 2.45) is 0 Å². The van der Waals surface area contributed by atoms with Gasteiger partial charge in [0.05, 0.1) is 6.61 Å². The molecule has 0 saturated heterocycles. The van der Waals surface area contributed by atoms with Gasteiger partial charge in [0.2, 0.25) is 0 Å². The number of rotatable bonds is 5. The van der Waals surface area contributed by atoms with Crippen LogP contribution in [0.15, 0.2) is 24.3 Å². The molecule has 2 aromatic rings. The van der Waals surface area contributed by atoms with Crippen molar-refractivity contribution in [1.82, 2.24) is 15.4 Å². The van der Waals surface area contributed by atoms with E-state index in [2.05, 4.69) is 15.4 Å². The number of benzene rings is 1. The van der Waals surface area contributed by atoms with Crippen molar-refractivity contribution in [3.63, 3.8) is 0 Å². The number of H-pyrrole nitrogens is 1. The smallest absolute Gasteiger partial charge is 0.358 e.